The number of amidine groups is 1. The summed E-state index contributed by atoms with van der Waals surface area (Å²) in [5.41, 5.74) is 5.22. The van der Waals surface area contributed by atoms with Gasteiger partial charge in [-0.2, -0.15) is 9.78 Å². The molecule has 0 aliphatic heterocycles. The summed E-state index contributed by atoms with van der Waals surface area (Å²) in [4.78, 5) is 13.2. The number of pyridine rings is 1. The predicted octanol–water partition coefficient (Wildman–Crippen LogP) is 6.34. The molecular formula is C30H32ClN7O. The van der Waals surface area contributed by atoms with Gasteiger partial charge in [0, 0.05) is 29.8 Å². The Bertz CT molecular complexity index is 1640. The number of aromatic nitrogens is 3. The number of hydrogen-bond acceptors (Lipinski definition) is 6. The third-order valence-corrected chi connectivity index (χ3v) is 6.63. The van der Waals surface area contributed by atoms with Crippen molar-refractivity contribution in [2.45, 2.75) is 40.0 Å². The molecule has 4 aromatic rings. The van der Waals surface area contributed by atoms with Crippen molar-refractivity contribution in [2.24, 2.45) is 9.98 Å². The Kier molecular flexibility index (Phi) is 8.99. The van der Waals surface area contributed by atoms with Gasteiger partial charge in [-0.15, -0.1) is 0 Å². The molecule has 4 rings (SSSR count). The van der Waals surface area contributed by atoms with Gasteiger partial charge in [0.05, 0.1) is 21.9 Å². The van der Waals surface area contributed by atoms with Crippen molar-refractivity contribution in [2.75, 3.05) is 13.7 Å². The summed E-state index contributed by atoms with van der Waals surface area (Å²) in [5, 5.41) is 22.9. The largest absolute Gasteiger partial charge is 0.485 e. The van der Waals surface area contributed by atoms with Gasteiger partial charge in [-0.05, 0) is 61.7 Å². The van der Waals surface area contributed by atoms with Gasteiger partial charge in [0.1, 0.15) is 23.7 Å². The van der Waals surface area contributed by atoms with E-state index in [1.54, 1.807) is 31.4 Å². The summed E-state index contributed by atoms with van der Waals surface area (Å²) >= 11 is 6.69. The minimum Gasteiger partial charge on any atom is -0.485 e. The van der Waals surface area contributed by atoms with Gasteiger partial charge in [-0.25, -0.2) is 4.99 Å². The monoisotopic (exact) mass is 541 g/mol. The molecule has 0 saturated heterocycles. The van der Waals surface area contributed by atoms with Crippen LogP contribution in [0.2, 0.25) is 5.02 Å². The van der Waals surface area contributed by atoms with Crippen LogP contribution < -0.4 is 10.2 Å². The topological polar surface area (TPSA) is 112 Å². The highest BCUT2D eigenvalue weighted by atomic mass is 35.5. The van der Waals surface area contributed by atoms with Gasteiger partial charge in [0.2, 0.25) is 0 Å². The second kappa shape index (κ2) is 12.6. The third kappa shape index (κ3) is 6.46. The van der Waals surface area contributed by atoms with Crippen LogP contribution in [0.5, 0.6) is 5.75 Å². The van der Waals surface area contributed by atoms with E-state index < -0.39 is 0 Å². The van der Waals surface area contributed by atoms with Crippen LogP contribution in [0, 0.1) is 10.8 Å². The van der Waals surface area contributed by atoms with Gasteiger partial charge in [0.25, 0.3) is 0 Å². The van der Waals surface area contributed by atoms with Gasteiger partial charge in [-0.3, -0.25) is 20.8 Å². The molecule has 0 atom stereocenters. The molecule has 2 N–H and O–H groups in total. The number of rotatable bonds is 8. The average Bonchev–Trinajstić information content (AvgIpc) is 2.95. The van der Waals surface area contributed by atoms with Crippen LogP contribution in [-0.4, -0.2) is 45.8 Å². The van der Waals surface area contributed by atoms with E-state index in [-0.39, 0.29) is 17.9 Å². The van der Waals surface area contributed by atoms with E-state index in [9.17, 15) is 0 Å². The molecule has 0 spiro atoms. The molecule has 200 valence electrons. The fourth-order valence-corrected chi connectivity index (χ4v) is 4.43. The van der Waals surface area contributed by atoms with Crippen molar-refractivity contribution in [3.05, 3.63) is 82.4 Å². The first-order chi connectivity index (χ1) is 18.8. The predicted molar refractivity (Wildman–Crippen MR) is 159 cm³/mol. The molecule has 0 radical (unpaired) electrons. The number of ether oxygens (including phenoxy) is 1. The summed E-state index contributed by atoms with van der Waals surface area (Å²) < 4.78 is 7.25. The number of benzene rings is 2. The average molecular weight is 542 g/mol. The van der Waals surface area contributed by atoms with Crippen molar-refractivity contribution in [1.82, 2.24) is 14.8 Å². The molecule has 0 amide bonds. The number of aryl methyl sites for hydroxylation is 1. The van der Waals surface area contributed by atoms with Crippen LogP contribution in [0.3, 0.4) is 0 Å². The Balaban J connectivity index is 1.58. The van der Waals surface area contributed by atoms with Crippen LogP contribution >= 0.6 is 11.6 Å². The number of hydrogen-bond donors (Lipinski definition) is 2. The highest BCUT2D eigenvalue weighted by molar-refractivity contribution is 6.34. The van der Waals surface area contributed by atoms with E-state index >= 15 is 0 Å². The van der Waals surface area contributed by atoms with E-state index in [1.807, 2.05) is 37.3 Å². The SMILES string of the molecule is CCCC(=NC(C)=NC)c1ccc(-c2ccc(=N)n(C(=N)COc3ccnc4cc(CC)ccc34)n2)cc1Cl. The number of nitrogens with one attached hydrogen (secondary N) is 2. The number of aliphatic imine (C=N–C) groups is 2. The van der Waals surface area contributed by atoms with Crippen LogP contribution in [0.4, 0.5) is 0 Å². The lowest BCUT2D eigenvalue weighted by atomic mass is 10.0. The van der Waals surface area contributed by atoms with Crippen molar-refractivity contribution in [3.63, 3.8) is 0 Å². The lowest BCUT2D eigenvalue weighted by Gasteiger charge is -2.13. The Labute approximate surface area is 233 Å². The first-order valence-corrected chi connectivity index (χ1v) is 13.3. The quantitative estimate of drug-likeness (QED) is 0.200. The number of nitrogens with zero attached hydrogens (tertiary/aromatic N) is 5. The summed E-state index contributed by atoms with van der Waals surface area (Å²) in [6.07, 6.45) is 4.33. The summed E-state index contributed by atoms with van der Waals surface area (Å²) in [7, 11) is 1.72. The maximum atomic E-state index is 8.60. The summed E-state index contributed by atoms with van der Waals surface area (Å²) in [5.74, 6) is 1.36. The first kappa shape index (κ1) is 27.9. The fourth-order valence-electron chi connectivity index (χ4n) is 4.14. The van der Waals surface area contributed by atoms with Crippen LogP contribution in [0.1, 0.15) is 44.7 Å². The highest BCUT2D eigenvalue weighted by Gasteiger charge is 2.13. The Morgan fingerprint density at radius 2 is 1.90 bits per heavy atom. The van der Waals surface area contributed by atoms with Crippen molar-refractivity contribution in [3.8, 4) is 17.0 Å². The smallest absolute Gasteiger partial charge is 0.162 e. The normalized spacial score (nSPS) is 12.1. The number of fused-ring (bicyclic) bond motifs is 1. The van der Waals surface area contributed by atoms with Crippen molar-refractivity contribution >= 4 is 39.9 Å². The lowest BCUT2D eigenvalue weighted by molar-refractivity contribution is 0.374. The van der Waals surface area contributed by atoms with E-state index in [0.29, 0.717) is 22.3 Å². The summed E-state index contributed by atoms with van der Waals surface area (Å²) in [6.45, 7) is 6.00. The van der Waals surface area contributed by atoms with Crippen LogP contribution in [-0.2, 0) is 6.42 Å². The van der Waals surface area contributed by atoms with Gasteiger partial charge in [0.15, 0.2) is 5.84 Å². The molecule has 0 saturated carbocycles. The standard InChI is InChI=1S/C30H32ClN7O/c1-5-7-26(36-19(3)34-4)22-11-9-21(17-24(22)31)25-12-13-29(32)38(37-25)30(33)18-39-28-14-15-35-27-16-20(6-2)8-10-23(27)28/h8-17,32-33H,5-7,18H2,1-4H3. The van der Waals surface area contributed by atoms with Crippen LogP contribution in [0.15, 0.2) is 70.8 Å². The maximum Gasteiger partial charge on any atom is 0.162 e. The first-order valence-electron chi connectivity index (χ1n) is 12.9. The second-order valence-corrected chi connectivity index (χ2v) is 9.45. The minimum absolute atomic E-state index is 0.0337. The molecule has 0 aliphatic rings. The third-order valence-electron chi connectivity index (χ3n) is 6.31. The minimum atomic E-state index is -0.0590. The maximum absolute atomic E-state index is 8.60. The fraction of sp³-hybridized carbons (Fsp3) is 0.267. The molecule has 0 bridgehead atoms. The highest BCUT2D eigenvalue weighted by Crippen LogP contribution is 2.27. The van der Waals surface area contributed by atoms with Gasteiger partial charge in [-0.1, -0.05) is 50.1 Å². The molecule has 0 unspecified atom stereocenters. The van der Waals surface area contributed by atoms with Gasteiger partial charge >= 0.3 is 0 Å². The molecular weight excluding hydrogens is 510 g/mol. The zero-order chi connectivity index (χ0) is 27.9. The zero-order valence-electron chi connectivity index (χ0n) is 22.6. The zero-order valence-corrected chi connectivity index (χ0v) is 23.4. The molecule has 8 nitrogen and oxygen atoms in total. The molecule has 2 heterocycles. The second-order valence-electron chi connectivity index (χ2n) is 9.04. The lowest BCUT2D eigenvalue weighted by Crippen LogP contribution is -2.32. The Morgan fingerprint density at radius 3 is 2.62 bits per heavy atom. The molecule has 39 heavy (non-hydrogen) atoms. The van der Waals surface area contributed by atoms with Gasteiger partial charge < -0.3 is 4.74 Å². The van der Waals surface area contributed by atoms with E-state index in [2.05, 4.69) is 40.0 Å². The Morgan fingerprint density at radius 1 is 1.08 bits per heavy atom. The van der Waals surface area contributed by atoms with Crippen molar-refractivity contribution < 1.29 is 4.74 Å². The van der Waals surface area contributed by atoms with E-state index in [0.717, 1.165) is 47.0 Å². The molecule has 2 aromatic carbocycles. The molecule has 9 heteroatoms. The molecule has 2 aromatic heterocycles. The van der Waals surface area contributed by atoms with Crippen LogP contribution in [0.25, 0.3) is 22.2 Å². The summed E-state index contributed by atoms with van der Waals surface area (Å²) in [6, 6.07) is 16.9. The van der Waals surface area contributed by atoms with Crippen molar-refractivity contribution in [1.29, 1.82) is 10.8 Å². The number of halogens is 1. The molecule has 0 fully saturated rings. The Hall–Kier alpha value is -4.17. The van der Waals surface area contributed by atoms with E-state index in [4.69, 9.17) is 27.2 Å². The molecule has 0 aliphatic carbocycles. The van der Waals surface area contributed by atoms with E-state index in [1.165, 1.54) is 10.2 Å².